The van der Waals surface area contributed by atoms with E-state index in [-0.39, 0.29) is 11.8 Å². The summed E-state index contributed by atoms with van der Waals surface area (Å²) in [6, 6.07) is 18.1. The molecule has 4 nitrogen and oxygen atoms in total. The Morgan fingerprint density at radius 3 is 2.47 bits per heavy atom. The van der Waals surface area contributed by atoms with Crippen molar-refractivity contribution in [2.24, 2.45) is 0 Å². The van der Waals surface area contributed by atoms with Crippen LogP contribution in [0.1, 0.15) is 20.7 Å². The summed E-state index contributed by atoms with van der Waals surface area (Å²) in [5.41, 5.74) is 2.89. The molecule has 6 rings (SSSR count). The maximum atomic E-state index is 13.0. The van der Waals surface area contributed by atoms with Crippen LogP contribution in [-0.4, -0.2) is 16.4 Å². The minimum atomic E-state index is -0.340. The van der Waals surface area contributed by atoms with Crippen molar-refractivity contribution < 1.29 is 9.59 Å². The molecule has 0 atom stereocenters. The van der Waals surface area contributed by atoms with Crippen LogP contribution in [0.4, 0.5) is 0 Å². The highest BCUT2D eigenvalue weighted by atomic mass is 79.9. The van der Waals surface area contributed by atoms with Gasteiger partial charge in [-0.15, -0.1) is 6.58 Å². The first-order valence-corrected chi connectivity index (χ1v) is 10.4. The number of benzene rings is 4. The van der Waals surface area contributed by atoms with Crippen LogP contribution in [0.25, 0.3) is 43.4 Å². The molecule has 0 saturated carbocycles. The van der Waals surface area contributed by atoms with E-state index in [1.807, 2.05) is 48.5 Å². The van der Waals surface area contributed by atoms with Crippen molar-refractivity contribution in [1.82, 2.24) is 9.88 Å². The number of carbonyl (C=O) groups is 2. The summed E-state index contributed by atoms with van der Waals surface area (Å²) in [5, 5.41) is 8.08. The summed E-state index contributed by atoms with van der Waals surface area (Å²) in [6.07, 6.45) is 1.85. The smallest absolute Gasteiger partial charge is 0.259 e. The first-order valence-electron chi connectivity index (χ1n) is 9.65. The third-order valence-corrected chi connectivity index (χ3v) is 6.45. The molecule has 0 radical (unpaired) electrons. The first-order chi connectivity index (χ1) is 14.6. The van der Waals surface area contributed by atoms with E-state index in [0.29, 0.717) is 17.7 Å². The third-order valence-electron chi connectivity index (χ3n) is 5.95. The van der Waals surface area contributed by atoms with Crippen molar-refractivity contribution >= 4 is 71.1 Å². The molecule has 0 aliphatic carbocycles. The summed E-state index contributed by atoms with van der Waals surface area (Å²) in [4.78, 5) is 25.9. The van der Waals surface area contributed by atoms with Crippen LogP contribution in [-0.2, 0) is 6.54 Å². The highest BCUT2D eigenvalue weighted by Gasteiger charge is 2.34. The number of nitrogens with one attached hydrogen (secondary N) is 1. The van der Waals surface area contributed by atoms with Crippen molar-refractivity contribution in [3.8, 4) is 0 Å². The molecule has 1 aliphatic heterocycles. The molecule has 2 amide bonds. The van der Waals surface area contributed by atoms with Gasteiger partial charge in [-0.05, 0) is 29.0 Å². The third kappa shape index (κ3) is 2.10. The lowest BCUT2D eigenvalue weighted by molar-refractivity contribution is 0.0880. The summed E-state index contributed by atoms with van der Waals surface area (Å²) < 4.78 is 3.10. The standard InChI is InChI=1S/C25H15BrN2O2/c1-2-11-28-18-10-8-14(26)12-17(18)20-22-21(24(29)27-25(22)30)19-15-6-4-3-5-13(15)7-9-16(19)23(20)28/h2-10,12H,1,11H2,(H,27,29,30). The van der Waals surface area contributed by atoms with Gasteiger partial charge in [-0.3, -0.25) is 14.9 Å². The van der Waals surface area contributed by atoms with Crippen molar-refractivity contribution in [2.45, 2.75) is 6.54 Å². The maximum absolute atomic E-state index is 13.0. The zero-order chi connectivity index (χ0) is 20.6. The van der Waals surface area contributed by atoms with Crippen LogP contribution in [0.15, 0.2) is 71.7 Å². The monoisotopic (exact) mass is 454 g/mol. The van der Waals surface area contributed by atoms with E-state index >= 15 is 0 Å². The zero-order valence-corrected chi connectivity index (χ0v) is 17.4. The van der Waals surface area contributed by atoms with E-state index < -0.39 is 0 Å². The SMILES string of the molecule is C=CCn1c2ccc(Br)cc2c2c3c(c4c5ccccc5ccc4c21)C(=O)NC3=O. The van der Waals surface area contributed by atoms with Gasteiger partial charge in [0.1, 0.15) is 0 Å². The zero-order valence-electron chi connectivity index (χ0n) is 15.8. The van der Waals surface area contributed by atoms with Crippen LogP contribution in [0.3, 0.4) is 0 Å². The largest absolute Gasteiger partial charge is 0.336 e. The molecule has 144 valence electrons. The predicted octanol–water partition coefficient (Wildman–Crippen LogP) is 5.93. The fourth-order valence-corrected chi connectivity index (χ4v) is 5.21. The van der Waals surface area contributed by atoms with E-state index in [1.165, 1.54) is 0 Å². The van der Waals surface area contributed by atoms with Crippen LogP contribution in [0.2, 0.25) is 0 Å². The lowest BCUT2D eigenvalue weighted by atomic mass is 9.91. The minimum Gasteiger partial charge on any atom is -0.336 e. The minimum absolute atomic E-state index is 0.335. The topological polar surface area (TPSA) is 51.1 Å². The number of halogens is 1. The van der Waals surface area contributed by atoms with Gasteiger partial charge in [-0.2, -0.15) is 0 Å². The van der Waals surface area contributed by atoms with Gasteiger partial charge in [-0.1, -0.05) is 58.4 Å². The van der Waals surface area contributed by atoms with Gasteiger partial charge in [0.25, 0.3) is 11.8 Å². The maximum Gasteiger partial charge on any atom is 0.259 e. The number of rotatable bonds is 2. The van der Waals surface area contributed by atoms with Crippen LogP contribution in [0.5, 0.6) is 0 Å². The highest BCUT2D eigenvalue weighted by molar-refractivity contribution is 9.10. The Labute approximate surface area is 179 Å². The van der Waals surface area contributed by atoms with Crippen molar-refractivity contribution in [3.63, 3.8) is 0 Å². The number of hydrogen-bond donors (Lipinski definition) is 1. The number of fused-ring (bicyclic) bond motifs is 10. The van der Waals surface area contributed by atoms with Gasteiger partial charge in [0, 0.05) is 38.1 Å². The lowest BCUT2D eigenvalue weighted by Gasteiger charge is -2.12. The Morgan fingerprint density at radius 2 is 1.67 bits per heavy atom. The Morgan fingerprint density at radius 1 is 0.900 bits per heavy atom. The van der Waals surface area contributed by atoms with Gasteiger partial charge < -0.3 is 4.57 Å². The molecule has 0 saturated heterocycles. The summed E-state index contributed by atoms with van der Waals surface area (Å²) in [5.74, 6) is -0.676. The molecule has 4 aromatic carbocycles. The molecule has 0 unspecified atom stereocenters. The fourth-order valence-electron chi connectivity index (χ4n) is 4.85. The van der Waals surface area contributed by atoms with Crippen molar-refractivity contribution in [3.05, 3.63) is 82.9 Å². The second-order valence-corrected chi connectivity index (χ2v) is 8.44. The molecule has 0 spiro atoms. The molecule has 0 bridgehead atoms. The molecule has 0 fully saturated rings. The molecular formula is C25H15BrN2O2. The Balaban J connectivity index is 2.02. The molecule has 30 heavy (non-hydrogen) atoms. The van der Waals surface area contributed by atoms with Gasteiger partial charge in [0.15, 0.2) is 0 Å². The van der Waals surface area contributed by atoms with E-state index in [2.05, 4.69) is 44.5 Å². The number of carbonyl (C=O) groups excluding carboxylic acids is 2. The average molecular weight is 455 g/mol. The Hall–Kier alpha value is -3.44. The number of hydrogen-bond acceptors (Lipinski definition) is 2. The normalized spacial score (nSPS) is 13.5. The van der Waals surface area contributed by atoms with Crippen molar-refractivity contribution in [2.75, 3.05) is 0 Å². The van der Waals surface area contributed by atoms with E-state index in [1.54, 1.807) is 0 Å². The summed E-state index contributed by atoms with van der Waals surface area (Å²) in [7, 11) is 0. The number of imide groups is 1. The lowest BCUT2D eigenvalue weighted by Crippen LogP contribution is -2.20. The van der Waals surface area contributed by atoms with E-state index in [4.69, 9.17) is 0 Å². The van der Waals surface area contributed by atoms with Gasteiger partial charge >= 0.3 is 0 Å². The van der Waals surface area contributed by atoms with Gasteiger partial charge in [-0.25, -0.2) is 0 Å². The first kappa shape index (κ1) is 17.4. The quantitative estimate of drug-likeness (QED) is 0.204. The van der Waals surface area contributed by atoms with Crippen LogP contribution >= 0.6 is 15.9 Å². The number of allylic oxidation sites excluding steroid dienone is 1. The molecular weight excluding hydrogens is 440 g/mol. The molecule has 1 aliphatic rings. The Kier molecular flexibility index (Phi) is 3.50. The van der Waals surface area contributed by atoms with Gasteiger partial charge in [0.05, 0.1) is 16.6 Å². The number of aromatic nitrogens is 1. The predicted molar refractivity (Wildman–Crippen MR) is 124 cm³/mol. The summed E-state index contributed by atoms with van der Waals surface area (Å²) in [6.45, 7) is 4.53. The molecule has 2 heterocycles. The second-order valence-electron chi connectivity index (χ2n) is 7.53. The molecule has 1 aromatic heterocycles. The number of amides is 2. The second kappa shape index (κ2) is 6.03. The van der Waals surface area contributed by atoms with Crippen molar-refractivity contribution in [1.29, 1.82) is 0 Å². The van der Waals surface area contributed by atoms with Crippen LogP contribution in [0, 0.1) is 0 Å². The highest BCUT2D eigenvalue weighted by Crippen LogP contribution is 2.43. The summed E-state index contributed by atoms with van der Waals surface area (Å²) >= 11 is 3.56. The van der Waals surface area contributed by atoms with E-state index in [9.17, 15) is 9.59 Å². The molecule has 1 N–H and O–H groups in total. The van der Waals surface area contributed by atoms with E-state index in [0.717, 1.165) is 47.8 Å². The average Bonchev–Trinajstić information content (AvgIpc) is 3.22. The van der Waals surface area contributed by atoms with Gasteiger partial charge in [0.2, 0.25) is 0 Å². The molecule has 5 aromatic rings. The van der Waals surface area contributed by atoms with Crippen LogP contribution < -0.4 is 5.32 Å². The molecule has 5 heteroatoms. The Bertz CT molecular complexity index is 1610. The fraction of sp³-hybridized carbons (Fsp3) is 0.0400. The number of nitrogens with zero attached hydrogens (tertiary/aromatic N) is 1.